The Morgan fingerprint density at radius 2 is 1.78 bits per heavy atom. The third-order valence-electron chi connectivity index (χ3n) is 8.15. The van der Waals surface area contributed by atoms with E-state index in [9.17, 15) is 4.79 Å². The van der Waals surface area contributed by atoms with E-state index in [4.69, 9.17) is 16.3 Å². The van der Waals surface area contributed by atoms with E-state index >= 15 is 0 Å². The molecule has 196 valence electrons. The highest BCUT2D eigenvalue weighted by molar-refractivity contribution is 6.30. The summed E-state index contributed by atoms with van der Waals surface area (Å²) in [4.78, 5) is 17.8. The number of halogens is 1. The van der Waals surface area contributed by atoms with Gasteiger partial charge in [0.15, 0.2) is 0 Å². The molecule has 2 aliphatic heterocycles. The zero-order chi connectivity index (χ0) is 25.2. The fraction of sp³-hybridized carbons (Fsp3) is 0.581. The van der Waals surface area contributed by atoms with Gasteiger partial charge in [-0.05, 0) is 86.2 Å². The van der Waals surface area contributed by atoms with E-state index in [0.717, 1.165) is 75.8 Å². The summed E-state index contributed by atoms with van der Waals surface area (Å²) in [7, 11) is 0. The van der Waals surface area contributed by atoms with Crippen LogP contribution in [0.4, 0.5) is 0 Å². The highest BCUT2D eigenvalue weighted by Gasteiger charge is 2.37. The van der Waals surface area contributed by atoms with Gasteiger partial charge >= 0.3 is 0 Å². The summed E-state index contributed by atoms with van der Waals surface area (Å²) in [6.45, 7) is 8.03. The van der Waals surface area contributed by atoms with Crippen molar-refractivity contribution in [2.24, 2.45) is 5.41 Å². The number of nitrogens with zero attached hydrogens (tertiary/aromatic N) is 2. The highest BCUT2D eigenvalue weighted by atomic mass is 35.5. The molecule has 1 fully saturated rings. The number of amides is 1. The molecule has 1 amide bonds. The van der Waals surface area contributed by atoms with Crippen molar-refractivity contribution in [3.05, 3.63) is 64.7 Å². The monoisotopic (exact) mass is 510 g/mol. The molecule has 0 saturated carbocycles. The minimum absolute atomic E-state index is 0.292. The van der Waals surface area contributed by atoms with Crippen LogP contribution in [-0.2, 0) is 17.6 Å². The summed E-state index contributed by atoms with van der Waals surface area (Å²) < 4.78 is 6.26. The number of carbonyl (C=O) groups is 1. The Labute approximate surface area is 223 Å². The van der Waals surface area contributed by atoms with Crippen LogP contribution >= 0.6 is 11.6 Å². The van der Waals surface area contributed by atoms with E-state index < -0.39 is 0 Å². The quantitative estimate of drug-likeness (QED) is 0.429. The van der Waals surface area contributed by atoms with Gasteiger partial charge in [0.2, 0.25) is 5.91 Å². The Hall–Kier alpha value is -2.04. The Morgan fingerprint density at radius 3 is 2.56 bits per heavy atom. The number of hydrogen-bond acceptors (Lipinski definition) is 3. The number of carbonyl (C=O) groups excluding carboxylic acids is 1. The van der Waals surface area contributed by atoms with Gasteiger partial charge in [-0.25, -0.2) is 0 Å². The fourth-order valence-corrected chi connectivity index (χ4v) is 5.98. The summed E-state index contributed by atoms with van der Waals surface area (Å²) >= 11 is 6.00. The number of piperidine rings is 1. The minimum atomic E-state index is 0.292. The number of para-hydroxylation sites is 1. The number of ether oxygens (including phenoxy) is 1. The summed E-state index contributed by atoms with van der Waals surface area (Å²) in [5.74, 6) is 1.36. The molecule has 0 unspecified atom stereocenters. The Balaban J connectivity index is 1.37. The van der Waals surface area contributed by atoms with Crippen molar-refractivity contribution >= 4 is 17.5 Å². The molecular formula is C31H43ClN2O2. The normalized spacial score (nSPS) is 19.1. The molecule has 5 heteroatoms. The fourth-order valence-electron chi connectivity index (χ4n) is 5.86. The zero-order valence-corrected chi connectivity index (χ0v) is 22.8. The van der Waals surface area contributed by atoms with Crippen LogP contribution in [0.25, 0.3) is 0 Å². The number of likely N-dealkylation sites (tertiary alicyclic amines) is 1. The summed E-state index contributed by atoms with van der Waals surface area (Å²) in [5.41, 5.74) is 2.82. The predicted octanol–water partition coefficient (Wildman–Crippen LogP) is 6.79. The zero-order valence-electron chi connectivity index (χ0n) is 22.0. The Morgan fingerprint density at radius 1 is 1.00 bits per heavy atom. The Kier molecular flexibility index (Phi) is 10.1. The first kappa shape index (κ1) is 27.0. The molecule has 2 aromatic rings. The van der Waals surface area contributed by atoms with Crippen LogP contribution in [-0.4, -0.2) is 55.0 Å². The lowest BCUT2D eigenvalue weighted by Gasteiger charge is -2.45. The van der Waals surface area contributed by atoms with Crippen molar-refractivity contribution in [2.45, 2.75) is 71.1 Å². The number of fused-ring (bicyclic) bond motifs is 1. The summed E-state index contributed by atoms with van der Waals surface area (Å²) in [6, 6.07) is 16.4. The lowest BCUT2D eigenvalue weighted by molar-refractivity contribution is -0.133. The molecule has 0 bridgehead atoms. The van der Waals surface area contributed by atoms with E-state index in [0.29, 0.717) is 17.7 Å². The van der Waals surface area contributed by atoms with Crippen LogP contribution in [0.15, 0.2) is 48.5 Å². The first-order chi connectivity index (χ1) is 17.6. The number of aryl methyl sites for hydroxylation is 2. The molecule has 4 nitrogen and oxygen atoms in total. The van der Waals surface area contributed by atoms with Crippen molar-refractivity contribution in [3.8, 4) is 5.75 Å². The smallest absolute Gasteiger partial charge is 0.222 e. The lowest BCUT2D eigenvalue weighted by atomic mass is 9.73. The van der Waals surface area contributed by atoms with Gasteiger partial charge in [0.1, 0.15) is 12.4 Å². The van der Waals surface area contributed by atoms with Gasteiger partial charge in [-0.15, -0.1) is 0 Å². The largest absolute Gasteiger partial charge is 0.492 e. The molecule has 4 rings (SSSR count). The topological polar surface area (TPSA) is 32.8 Å². The summed E-state index contributed by atoms with van der Waals surface area (Å²) in [5, 5.41) is 0.743. The average molecular weight is 511 g/mol. The van der Waals surface area contributed by atoms with Crippen LogP contribution in [0.3, 0.4) is 0 Å². The van der Waals surface area contributed by atoms with E-state index in [1.807, 2.05) is 24.3 Å². The molecule has 2 aliphatic rings. The van der Waals surface area contributed by atoms with Crippen LogP contribution < -0.4 is 4.74 Å². The first-order valence-corrected chi connectivity index (χ1v) is 14.4. The molecule has 2 aromatic carbocycles. The van der Waals surface area contributed by atoms with E-state index in [1.54, 1.807) is 0 Å². The van der Waals surface area contributed by atoms with Gasteiger partial charge in [0.25, 0.3) is 0 Å². The van der Waals surface area contributed by atoms with Gasteiger partial charge in [-0.2, -0.15) is 0 Å². The van der Waals surface area contributed by atoms with Gasteiger partial charge in [0.05, 0.1) is 0 Å². The van der Waals surface area contributed by atoms with Crippen molar-refractivity contribution in [1.82, 2.24) is 9.80 Å². The van der Waals surface area contributed by atoms with Crippen LogP contribution in [0.2, 0.25) is 5.02 Å². The van der Waals surface area contributed by atoms with Crippen LogP contribution in [0.5, 0.6) is 5.75 Å². The Bertz CT molecular complexity index is 953. The SMILES string of the molecule is CCCCN1CCOc2ccccc2CCCCC2(CCN(C(=O)CCc3ccc(Cl)cc3)CC2)C1. The van der Waals surface area contributed by atoms with Crippen LogP contribution in [0, 0.1) is 5.41 Å². The number of rotatable bonds is 6. The third kappa shape index (κ3) is 7.73. The molecule has 0 aromatic heterocycles. The first-order valence-electron chi connectivity index (χ1n) is 14.0. The molecular weight excluding hydrogens is 468 g/mol. The molecule has 1 spiro atoms. The molecule has 1 saturated heterocycles. The van der Waals surface area contributed by atoms with Gasteiger partial charge < -0.3 is 9.64 Å². The molecule has 0 radical (unpaired) electrons. The summed E-state index contributed by atoms with van der Waals surface area (Å²) in [6.07, 6.45) is 10.8. The molecule has 36 heavy (non-hydrogen) atoms. The molecule has 0 aliphatic carbocycles. The minimum Gasteiger partial charge on any atom is -0.492 e. The second kappa shape index (κ2) is 13.5. The lowest BCUT2D eigenvalue weighted by Crippen LogP contribution is -2.49. The van der Waals surface area contributed by atoms with E-state index in [-0.39, 0.29) is 0 Å². The van der Waals surface area contributed by atoms with Crippen LogP contribution in [0.1, 0.15) is 69.4 Å². The van der Waals surface area contributed by atoms with Crippen molar-refractivity contribution in [1.29, 1.82) is 0 Å². The highest BCUT2D eigenvalue weighted by Crippen LogP contribution is 2.38. The van der Waals surface area contributed by atoms with Crippen molar-refractivity contribution in [3.63, 3.8) is 0 Å². The van der Waals surface area contributed by atoms with Gasteiger partial charge in [-0.1, -0.05) is 61.7 Å². The van der Waals surface area contributed by atoms with Gasteiger partial charge in [-0.3, -0.25) is 9.69 Å². The maximum absolute atomic E-state index is 13.0. The number of unbranched alkanes of at least 4 members (excludes halogenated alkanes) is 1. The number of benzene rings is 2. The second-order valence-corrected chi connectivity index (χ2v) is 11.2. The van der Waals surface area contributed by atoms with E-state index in [1.165, 1.54) is 43.2 Å². The maximum atomic E-state index is 13.0. The van der Waals surface area contributed by atoms with Crippen molar-refractivity contribution in [2.75, 3.05) is 39.3 Å². The number of hydrogen-bond donors (Lipinski definition) is 0. The van der Waals surface area contributed by atoms with Gasteiger partial charge in [0, 0.05) is 37.6 Å². The standard InChI is InChI=1S/C31H43ClN2O2/c1-2-3-20-33-23-24-36-29-10-5-4-8-27(29)9-6-7-17-31(25-33)18-21-34(22-19-31)30(35)16-13-26-11-14-28(32)15-12-26/h4-5,8,10-12,14-15H,2-3,6-7,9,13,16-25H2,1H3. The van der Waals surface area contributed by atoms with Crippen molar-refractivity contribution < 1.29 is 9.53 Å². The molecule has 2 heterocycles. The molecule has 0 atom stereocenters. The molecule has 0 N–H and O–H groups in total. The third-order valence-corrected chi connectivity index (χ3v) is 8.40. The second-order valence-electron chi connectivity index (χ2n) is 10.8. The predicted molar refractivity (Wildman–Crippen MR) is 149 cm³/mol. The maximum Gasteiger partial charge on any atom is 0.222 e. The average Bonchev–Trinajstić information content (AvgIpc) is 2.89. The van der Waals surface area contributed by atoms with E-state index in [2.05, 4.69) is 41.0 Å².